The number of ether oxygens (including phenoxy) is 1. The van der Waals surface area contributed by atoms with E-state index < -0.39 is 0 Å². The van der Waals surface area contributed by atoms with Crippen molar-refractivity contribution in [2.24, 2.45) is 0 Å². The third-order valence-electron chi connectivity index (χ3n) is 3.55. The Morgan fingerprint density at radius 1 is 1.29 bits per heavy atom. The standard InChI is InChI=1S/C17H19BrClN3OS/c1-21-16-13(18)8-9-14(19)15(16)17(20)22(24-3)10-11-4-6-12(23-2)7-5-11/h4-9,20-21H,10H2,1-3H3. The number of nitrogens with zero attached hydrogens (tertiary/aromatic N) is 1. The maximum absolute atomic E-state index is 8.63. The zero-order valence-electron chi connectivity index (χ0n) is 13.7. The van der Waals surface area contributed by atoms with Gasteiger partial charge in [-0.2, -0.15) is 0 Å². The highest BCUT2D eigenvalue weighted by Gasteiger charge is 2.20. The molecular weight excluding hydrogens is 410 g/mol. The molecule has 2 N–H and O–H groups in total. The minimum absolute atomic E-state index is 0.356. The van der Waals surface area contributed by atoms with E-state index >= 15 is 0 Å². The lowest BCUT2D eigenvalue weighted by molar-refractivity contribution is 0.414. The number of halogens is 2. The van der Waals surface area contributed by atoms with Gasteiger partial charge in [-0.25, -0.2) is 0 Å². The van der Waals surface area contributed by atoms with Crippen LogP contribution < -0.4 is 10.1 Å². The van der Waals surface area contributed by atoms with E-state index in [1.807, 2.05) is 47.9 Å². The molecule has 2 rings (SSSR count). The molecule has 4 nitrogen and oxygen atoms in total. The smallest absolute Gasteiger partial charge is 0.142 e. The summed E-state index contributed by atoms with van der Waals surface area (Å²) in [7, 11) is 3.47. The molecule has 2 aromatic rings. The fraction of sp³-hybridized carbons (Fsp3) is 0.235. The second kappa shape index (κ2) is 8.65. The first kappa shape index (κ1) is 19.0. The second-order valence-electron chi connectivity index (χ2n) is 4.95. The first-order chi connectivity index (χ1) is 11.5. The van der Waals surface area contributed by atoms with Gasteiger partial charge in [-0.05, 0) is 45.8 Å². The molecule has 0 unspecified atom stereocenters. The predicted molar refractivity (Wildman–Crippen MR) is 108 cm³/mol. The minimum atomic E-state index is 0.356. The van der Waals surface area contributed by atoms with Crippen molar-refractivity contribution in [3.8, 4) is 5.75 Å². The quantitative estimate of drug-likeness (QED) is 0.374. The number of methoxy groups -OCH3 is 1. The fourth-order valence-corrected chi connectivity index (χ4v) is 3.61. The topological polar surface area (TPSA) is 48.4 Å². The first-order valence-electron chi connectivity index (χ1n) is 7.21. The molecule has 2 aromatic carbocycles. The third-order valence-corrected chi connectivity index (χ3v) is 5.27. The summed E-state index contributed by atoms with van der Waals surface area (Å²) in [6, 6.07) is 11.5. The fourth-order valence-electron chi connectivity index (χ4n) is 2.28. The van der Waals surface area contributed by atoms with Crippen LogP contribution in [-0.4, -0.2) is 30.6 Å². The van der Waals surface area contributed by atoms with Gasteiger partial charge in [-0.3, -0.25) is 9.71 Å². The molecular formula is C17H19BrClN3OS. The number of amidine groups is 1. The van der Waals surface area contributed by atoms with Crippen LogP contribution >= 0.6 is 39.5 Å². The highest BCUT2D eigenvalue weighted by Crippen LogP contribution is 2.34. The maximum Gasteiger partial charge on any atom is 0.142 e. The van der Waals surface area contributed by atoms with Gasteiger partial charge in [0.1, 0.15) is 11.6 Å². The largest absolute Gasteiger partial charge is 0.497 e. The summed E-state index contributed by atoms with van der Waals surface area (Å²) in [6.45, 7) is 0.593. The molecule has 0 aliphatic heterocycles. The molecule has 0 aliphatic carbocycles. The van der Waals surface area contributed by atoms with Crippen molar-refractivity contribution in [2.45, 2.75) is 6.54 Å². The maximum atomic E-state index is 8.63. The molecule has 0 aliphatic rings. The number of benzene rings is 2. The van der Waals surface area contributed by atoms with Gasteiger partial charge < -0.3 is 10.1 Å². The van der Waals surface area contributed by atoms with Crippen LogP contribution in [0.1, 0.15) is 11.1 Å². The van der Waals surface area contributed by atoms with Gasteiger partial charge in [0.25, 0.3) is 0 Å². The van der Waals surface area contributed by atoms with Crippen LogP contribution in [0.15, 0.2) is 40.9 Å². The van der Waals surface area contributed by atoms with E-state index in [0.717, 1.165) is 21.5 Å². The minimum Gasteiger partial charge on any atom is -0.497 e. The van der Waals surface area contributed by atoms with E-state index in [-0.39, 0.29) is 0 Å². The predicted octanol–water partition coefficient (Wildman–Crippen LogP) is 5.26. The molecule has 0 atom stereocenters. The lowest BCUT2D eigenvalue weighted by Gasteiger charge is -2.25. The molecule has 0 bridgehead atoms. The Bertz CT molecular complexity index is 725. The summed E-state index contributed by atoms with van der Waals surface area (Å²) in [6.07, 6.45) is 1.95. The monoisotopic (exact) mass is 427 g/mol. The number of anilines is 1. The lowest BCUT2D eigenvalue weighted by atomic mass is 10.1. The zero-order valence-corrected chi connectivity index (χ0v) is 16.8. The molecule has 0 heterocycles. The molecule has 24 heavy (non-hydrogen) atoms. The Labute approximate surface area is 160 Å². The first-order valence-corrected chi connectivity index (χ1v) is 9.56. The third kappa shape index (κ3) is 4.18. The van der Waals surface area contributed by atoms with Crippen LogP contribution in [0, 0.1) is 5.41 Å². The van der Waals surface area contributed by atoms with Gasteiger partial charge in [-0.1, -0.05) is 35.7 Å². The van der Waals surface area contributed by atoms with Gasteiger partial charge in [0.05, 0.1) is 29.9 Å². The van der Waals surface area contributed by atoms with Crippen LogP contribution in [0.3, 0.4) is 0 Å². The molecule has 0 amide bonds. The van der Waals surface area contributed by atoms with Crippen LogP contribution in [0.4, 0.5) is 5.69 Å². The van der Waals surface area contributed by atoms with E-state index in [1.54, 1.807) is 13.2 Å². The van der Waals surface area contributed by atoms with Gasteiger partial charge in [-0.15, -0.1) is 0 Å². The summed E-state index contributed by atoms with van der Waals surface area (Å²) in [4.78, 5) is 0. The average Bonchev–Trinajstić information content (AvgIpc) is 2.61. The summed E-state index contributed by atoms with van der Waals surface area (Å²) in [5.41, 5.74) is 2.57. The van der Waals surface area contributed by atoms with Crippen molar-refractivity contribution in [1.29, 1.82) is 5.41 Å². The molecule has 128 valence electrons. The van der Waals surface area contributed by atoms with Crippen molar-refractivity contribution in [3.63, 3.8) is 0 Å². The van der Waals surface area contributed by atoms with Crippen molar-refractivity contribution < 1.29 is 4.74 Å². The van der Waals surface area contributed by atoms with Crippen molar-refractivity contribution in [3.05, 3.63) is 57.0 Å². The normalized spacial score (nSPS) is 10.4. The van der Waals surface area contributed by atoms with E-state index in [4.69, 9.17) is 21.7 Å². The highest BCUT2D eigenvalue weighted by molar-refractivity contribution is 9.10. The molecule has 7 heteroatoms. The SMILES string of the molecule is CNc1c(Br)ccc(Cl)c1C(=N)N(Cc1ccc(OC)cc1)SC. The van der Waals surface area contributed by atoms with Gasteiger partial charge in [0.2, 0.25) is 0 Å². The average molecular weight is 429 g/mol. The Morgan fingerprint density at radius 2 is 1.96 bits per heavy atom. The lowest BCUT2D eigenvalue weighted by Crippen LogP contribution is -2.25. The van der Waals surface area contributed by atoms with Crippen LogP contribution in [0.5, 0.6) is 5.75 Å². The van der Waals surface area contributed by atoms with Crippen molar-refractivity contribution in [1.82, 2.24) is 4.31 Å². The number of nitrogens with one attached hydrogen (secondary N) is 2. The summed E-state index contributed by atoms with van der Waals surface area (Å²) in [5.74, 6) is 1.17. The Morgan fingerprint density at radius 3 is 2.50 bits per heavy atom. The Kier molecular flexibility index (Phi) is 6.83. The van der Waals surface area contributed by atoms with E-state index in [0.29, 0.717) is 23.0 Å². The number of hydrogen-bond acceptors (Lipinski definition) is 4. The van der Waals surface area contributed by atoms with E-state index in [1.165, 1.54) is 11.9 Å². The summed E-state index contributed by atoms with van der Waals surface area (Å²) < 4.78 is 7.96. The highest BCUT2D eigenvalue weighted by atomic mass is 79.9. The molecule has 0 aromatic heterocycles. The molecule has 0 fully saturated rings. The van der Waals surface area contributed by atoms with Gasteiger partial charge in [0, 0.05) is 17.8 Å². The van der Waals surface area contributed by atoms with Crippen molar-refractivity contribution in [2.75, 3.05) is 25.7 Å². The molecule has 0 radical (unpaired) electrons. The Balaban J connectivity index is 2.30. The van der Waals surface area contributed by atoms with E-state index in [9.17, 15) is 0 Å². The zero-order chi connectivity index (χ0) is 17.7. The summed E-state index contributed by atoms with van der Waals surface area (Å²) in [5, 5.41) is 12.3. The molecule has 0 saturated heterocycles. The van der Waals surface area contributed by atoms with Gasteiger partial charge in [0.15, 0.2) is 0 Å². The molecule has 0 spiro atoms. The molecule has 0 saturated carbocycles. The van der Waals surface area contributed by atoms with Crippen molar-refractivity contribution >= 4 is 51.0 Å². The number of hydrogen-bond donors (Lipinski definition) is 2. The van der Waals surface area contributed by atoms with Crippen LogP contribution in [-0.2, 0) is 6.54 Å². The Hall–Kier alpha value is -1.37. The van der Waals surface area contributed by atoms with Crippen LogP contribution in [0.25, 0.3) is 0 Å². The van der Waals surface area contributed by atoms with Crippen LogP contribution in [0.2, 0.25) is 5.02 Å². The summed E-state index contributed by atoms with van der Waals surface area (Å²) >= 11 is 11.4. The second-order valence-corrected chi connectivity index (χ2v) is 7.01. The van der Waals surface area contributed by atoms with Gasteiger partial charge >= 0.3 is 0 Å². The number of rotatable bonds is 6. The van der Waals surface area contributed by atoms with E-state index in [2.05, 4.69) is 21.2 Å².